The van der Waals surface area contributed by atoms with E-state index < -0.39 is 0 Å². The number of hydrogen-bond acceptors (Lipinski definition) is 3. The Morgan fingerprint density at radius 3 is 2.94 bits per heavy atom. The normalized spacial score (nSPS) is 20.4. The Labute approximate surface area is 109 Å². The standard InChI is InChI=1S/C15H20N2O/c1-12-5-3-4-8-17(12)11-14-9-13(10-16)6-7-15(14)18-2/h6-7,9,12H,3-5,8,11H2,1-2H3. The first-order valence-corrected chi connectivity index (χ1v) is 6.55. The highest BCUT2D eigenvalue weighted by Crippen LogP contribution is 2.25. The summed E-state index contributed by atoms with van der Waals surface area (Å²) in [5.74, 6) is 0.881. The van der Waals surface area contributed by atoms with Crippen molar-refractivity contribution in [1.29, 1.82) is 5.26 Å². The maximum absolute atomic E-state index is 8.98. The number of rotatable bonds is 3. The summed E-state index contributed by atoms with van der Waals surface area (Å²) in [5.41, 5.74) is 1.82. The molecular weight excluding hydrogens is 224 g/mol. The van der Waals surface area contributed by atoms with Gasteiger partial charge in [-0.15, -0.1) is 0 Å². The van der Waals surface area contributed by atoms with Crippen molar-refractivity contribution in [3.05, 3.63) is 29.3 Å². The number of nitriles is 1. The second-order valence-corrected chi connectivity index (χ2v) is 4.95. The van der Waals surface area contributed by atoms with Crippen LogP contribution in [0.15, 0.2) is 18.2 Å². The predicted octanol–water partition coefficient (Wildman–Crippen LogP) is 2.94. The van der Waals surface area contributed by atoms with Crippen LogP contribution in [-0.2, 0) is 6.54 Å². The third kappa shape index (κ3) is 2.83. The maximum atomic E-state index is 8.98. The Bertz CT molecular complexity index is 450. The molecule has 0 bridgehead atoms. The summed E-state index contributed by atoms with van der Waals surface area (Å²) in [7, 11) is 1.69. The molecule has 0 aliphatic carbocycles. The molecule has 3 heteroatoms. The number of ether oxygens (including phenoxy) is 1. The lowest BCUT2D eigenvalue weighted by Crippen LogP contribution is -2.36. The molecule has 1 aliphatic heterocycles. The highest BCUT2D eigenvalue weighted by molar-refractivity contribution is 5.42. The molecule has 1 saturated heterocycles. The van der Waals surface area contributed by atoms with Gasteiger partial charge in [-0.3, -0.25) is 4.90 Å². The molecule has 18 heavy (non-hydrogen) atoms. The van der Waals surface area contributed by atoms with Gasteiger partial charge in [0.1, 0.15) is 5.75 Å². The Hall–Kier alpha value is -1.53. The van der Waals surface area contributed by atoms with Crippen LogP contribution in [-0.4, -0.2) is 24.6 Å². The van der Waals surface area contributed by atoms with E-state index in [1.165, 1.54) is 19.3 Å². The van der Waals surface area contributed by atoms with Crippen LogP contribution >= 0.6 is 0 Å². The molecule has 96 valence electrons. The van der Waals surface area contributed by atoms with E-state index in [1.54, 1.807) is 7.11 Å². The number of benzene rings is 1. The first kappa shape index (κ1) is 12.9. The third-order valence-electron chi connectivity index (χ3n) is 3.72. The van der Waals surface area contributed by atoms with E-state index in [2.05, 4.69) is 17.9 Å². The highest BCUT2D eigenvalue weighted by atomic mass is 16.5. The molecule has 0 N–H and O–H groups in total. The first-order chi connectivity index (χ1) is 8.74. The molecule has 0 spiro atoms. The van der Waals surface area contributed by atoms with Gasteiger partial charge < -0.3 is 4.74 Å². The van der Waals surface area contributed by atoms with Gasteiger partial charge >= 0.3 is 0 Å². The summed E-state index contributed by atoms with van der Waals surface area (Å²) in [6, 6.07) is 8.46. The van der Waals surface area contributed by atoms with Crippen LogP contribution in [0, 0.1) is 11.3 Å². The molecule has 0 radical (unpaired) electrons. The van der Waals surface area contributed by atoms with E-state index in [0.717, 1.165) is 24.4 Å². The molecule has 1 unspecified atom stereocenters. The van der Waals surface area contributed by atoms with Crippen LogP contribution in [0.25, 0.3) is 0 Å². The number of piperidine rings is 1. The van der Waals surface area contributed by atoms with E-state index in [9.17, 15) is 0 Å². The van der Waals surface area contributed by atoms with Crippen LogP contribution in [0.1, 0.15) is 37.3 Å². The van der Waals surface area contributed by atoms with Gasteiger partial charge in [0.2, 0.25) is 0 Å². The molecule has 1 fully saturated rings. The Morgan fingerprint density at radius 1 is 1.44 bits per heavy atom. The maximum Gasteiger partial charge on any atom is 0.123 e. The zero-order valence-corrected chi connectivity index (χ0v) is 11.1. The zero-order chi connectivity index (χ0) is 13.0. The third-order valence-corrected chi connectivity index (χ3v) is 3.72. The molecular formula is C15H20N2O. The molecule has 1 aromatic carbocycles. The van der Waals surface area contributed by atoms with E-state index in [0.29, 0.717) is 11.6 Å². The topological polar surface area (TPSA) is 36.3 Å². The summed E-state index contributed by atoms with van der Waals surface area (Å²) in [6.07, 6.45) is 3.86. The van der Waals surface area contributed by atoms with Gasteiger partial charge in [-0.05, 0) is 44.5 Å². The van der Waals surface area contributed by atoms with Crippen molar-refractivity contribution in [3.8, 4) is 11.8 Å². The monoisotopic (exact) mass is 244 g/mol. The van der Waals surface area contributed by atoms with Crippen LogP contribution < -0.4 is 4.74 Å². The number of nitrogens with zero attached hydrogens (tertiary/aromatic N) is 2. The average Bonchev–Trinajstić information content (AvgIpc) is 2.41. The van der Waals surface area contributed by atoms with Crippen molar-refractivity contribution in [2.75, 3.05) is 13.7 Å². The predicted molar refractivity (Wildman–Crippen MR) is 71.4 cm³/mol. The minimum atomic E-state index is 0.620. The lowest BCUT2D eigenvalue weighted by Gasteiger charge is -2.33. The van der Waals surface area contributed by atoms with Gasteiger partial charge in [0.15, 0.2) is 0 Å². The van der Waals surface area contributed by atoms with E-state index in [1.807, 2.05) is 18.2 Å². The van der Waals surface area contributed by atoms with Crippen LogP contribution in [0.4, 0.5) is 0 Å². The van der Waals surface area contributed by atoms with Crippen molar-refractivity contribution in [2.45, 2.75) is 38.8 Å². The fraction of sp³-hybridized carbons (Fsp3) is 0.533. The minimum Gasteiger partial charge on any atom is -0.496 e. The van der Waals surface area contributed by atoms with Gasteiger partial charge in [-0.2, -0.15) is 5.26 Å². The van der Waals surface area contributed by atoms with Crippen molar-refractivity contribution >= 4 is 0 Å². The SMILES string of the molecule is COc1ccc(C#N)cc1CN1CCCCC1C. The lowest BCUT2D eigenvalue weighted by molar-refractivity contribution is 0.151. The van der Waals surface area contributed by atoms with Gasteiger partial charge in [-0.25, -0.2) is 0 Å². The molecule has 0 amide bonds. The van der Waals surface area contributed by atoms with Crippen LogP contribution in [0.2, 0.25) is 0 Å². The second kappa shape index (κ2) is 5.88. The van der Waals surface area contributed by atoms with Gasteiger partial charge in [-0.1, -0.05) is 6.42 Å². The largest absolute Gasteiger partial charge is 0.496 e. The molecule has 1 aliphatic rings. The van der Waals surface area contributed by atoms with Gasteiger partial charge in [0.25, 0.3) is 0 Å². The Balaban J connectivity index is 2.18. The Kier molecular flexibility index (Phi) is 4.22. The molecule has 1 heterocycles. The summed E-state index contributed by atoms with van der Waals surface area (Å²) >= 11 is 0. The highest BCUT2D eigenvalue weighted by Gasteiger charge is 2.19. The van der Waals surface area contributed by atoms with Crippen molar-refractivity contribution < 1.29 is 4.74 Å². The second-order valence-electron chi connectivity index (χ2n) is 4.95. The van der Waals surface area contributed by atoms with Crippen molar-refractivity contribution in [2.24, 2.45) is 0 Å². The summed E-state index contributed by atoms with van der Waals surface area (Å²) in [5, 5.41) is 8.98. The molecule has 0 saturated carbocycles. The smallest absolute Gasteiger partial charge is 0.123 e. The van der Waals surface area contributed by atoms with Gasteiger partial charge in [0.05, 0.1) is 18.7 Å². The zero-order valence-electron chi connectivity index (χ0n) is 11.1. The summed E-state index contributed by atoms with van der Waals surface area (Å²) in [4.78, 5) is 2.47. The van der Waals surface area contributed by atoms with Crippen LogP contribution in [0.5, 0.6) is 5.75 Å². The van der Waals surface area contributed by atoms with Gasteiger partial charge in [0, 0.05) is 18.2 Å². The lowest BCUT2D eigenvalue weighted by atomic mass is 10.0. The fourth-order valence-corrected chi connectivity index (χ4v) is 2.58. The number of likely N-dealkylation sites (tertiary alicyclic amines) is 1. The number of methoxy groups -OCH3 is 1. The molecule has 3 nitrogen and oxygen atoms in total. The molecule has 2 rings (SSSR count). The van der Waals surface area contributed by atoms with E-state index in [4.69, 9.17) is 10.00 Å². The molecule has 1 aromatic rings. The Morgan fingerprint density at radius 2 is 2.28 bits per heavy atom. The number of hydrogen-bond donors (Lipinski definition) is 0. The molecule has 1 atom stereocenters. The molecule has 0 aromatic heterocycles. The average molecular weight is 244 g/mol. The van der Waals surface area contributed by atoms with Crippen molar-refractivity contribution in [3.63, 3.8) is 0 Å². The van der Waals surface area contributed by atoms with E-state index in [-0.39, 0.29) is 0 Å². The van der Waals surface area contributed by atoms with Crippen molar-refractivity contribution in [1.82, 2.24) is 4.90 Å². The quantitative estimate of drug-likeness (QED) is 0.820. The van der Waals surface area contributed by atoms with E-state index >= 15 is 0 Å². The fourth-order valence-electron chi connectivity index (χ4n) is 2.58. The van der Waals surface area contributed by atoms with Crippen LogP contribution in [0.3, 0.4) is 0 Å². The summed E-state index contributed by atoms with van der Waals surface area (Å²) in [6.45, 7) is 4.29. The summed E-state index contributed by atoms with van der Waals surface area (Å²) < 4.78 is 5.39. The minimum absolute atomic E-state index is 0.620. The first-order valence-electron chi connectivity index (χ1n) is 6.55.